The Morgan fingerprint density at radius 1 is 0.889 bits per heavy atom. The fraction of sp³-hybridized carbons (Fsp3) is 0.100. The molecule has 2 aromatic heterocycles. The summed E-state index contributed by atoms with van der Waals surface area (Å²) in [6.45, 7) is 2.07. The summed E-state index contributed by atoms with van der Waals surface area (Å²) in [5.41, 5.74) is 5.96. The maximum Gasteiger partial charge on any atom is 0.228 e. The summed E-state index contributed by atoms with van der Waals surface area (Å²) in [6.07, 6.45) is 1.68. The van der Waals surface area contributed by atoms with Crippen molar-refractivity contribution in [2.24, 2.45) is 0 Å². The average molecular weight is 471 g/mol. The number of hydrogen-bond donors (Lipinski definition) is 0. The van der Waals surface area contributed by atoms with Crippen LogP contribution < -0.4 is 9.47 Å². The molecular formula is C30H22N4O2. The lowest BCUT2D eigenvalue weighted by atomic mass is 9.81. The summed E-state index contributed by atoms with van der Waals surface area (Å²) in [5, 5.41) is 7.07. The topological polar surface area (TPSA) is 61.5 Å². The number of aryl methyl sites for hydroxylation is 1. The molecule has 174 valence electrons. The van der Waals surface area contributed by atoms with Crippen LogP contribution in [0, 0.1) is 6.92 Å². The van der Waals surface area contributed by atoms with Gasteiger partial charge in [0.15, 0.2) is 11.5 Å². The maximum atomic E-state index is 6.41. The number of fused-ring (bicyclic) bond motifs is 6. The highest BCUT2D eigenvalue weighted by molar-refractivity contribution is 5.91. The summed E-state index contributed by atoms with van der Waals surface area (Å²) in [7, 11) is 1.68. The Morgan fingerprint density at radius 3 is 2.58 bits per heavy atom. The van der Waals surface area contributed by atoms with Crippen LogP contribution in [0.25, 0.3) is 27.8 Å². The molecule has 1 unspecified atom stereocenters. The van der Waals surface area contributed by atoms with Gasteiger partial charge in [0.2, 0.25) is 5.88 Å². The molecule has 1 aliphatic heterocycles. The quantitative estimate of drug-likeness (QED) is 0.293. The number of methoxy groups -OCH3 is 1. The van der Waals surface area contributed by atoms with Crippen molar-refractivity contribution in [3.63, 3.8) is 0 Å². The van der Waals surface area contributed by atoms with Crippen LogP contribution in [0.3, 0.4) is 0 Å². The van der Waals surface area contributed by atoms with E-state index in [0.29, 0.717) is 11.7 Å². The van der Waals surface area contributed by atoms with Crippen molar-refractivity contribution in [3.05, 3.63) is 114 Å². The van der Waals surface area contributed by atoms with E-state index in [1.54, 1.807) is 18.0 Å². The summed E-state index contributed by atoms with van der Waals surface area (Å²) in [6, 6.07) is 28.9. The highest BCUT2D eigenvalue weighted by atomic mass is 16.5. The van der Waals surface area contributed by atoms with Gasteiger partial charge in [0.05, 0.1) is 12.7 Å². The number of benzene rings is 4. The minimum Gasteiger partial charge on any atom is -0.497 e. The molecule has 0 N–H and O–H groups in total. The van der Waals surface area contributed by atoms with Crippen LogP contribution in [0.4, 0.5) is 0 Å². The van der Waals surface area contributed by atoms with E-state index in [9.17, 15) is 0 Å². The van der Waals surface area contributed by atoms with Gasteiger partial charge in [-0.15, -0.1) is 5.10 Å². The predicted molar refractivity (Wildman–Crippen MR) is 139 cm³/mol. The van der Waals surface area contributed by atoms with E-state index >= 15 is 0 Å². The molecule has 0 bridgehead atoms. The largest absolute Gasteiger partial charge is 0.497 e. The number of ether oxygens (including phenoxy) is 2. The SMILES string of the molecule is COc1ccc(C2c3c(ccc4ccccc34)Oc3ncn4nc(-c5cccc(C)c5)nc4c32)cc1. The van der Waals surface area contributed by atoms with Crippen molar-refractivity contribution in [3.8, 4) is 28.8 Å². The third-order valence-corrected chi connectivity index (χ3v) is 6.83. The Kier molecular flexibility index (Phi) is 4.54. The normalized spacial score (nSPS) is 14.3. The first-order chi connectivity index (χ1) is 17.7. The molecule has 7 rings (SSSR count). The Labute approximate surface area is 207 Å². The van der Waals surface area contributed by atoms with E-state index in [4.69, 9.17) is 19.6 Å². The van der Waals surface area contributed by atoms with Gasteiger partial charge in [-0.25, -0.2) is 14.5 Å². The minimum absolute atomic E-state index is 0.147. The van der Waals surface area contributed by atoms with E-state index in [0.717, 1.165) is 55.7 Å². The smallest absolute Gasteiger partial charge is 0.228 e. The van der Waals surface area contributed by atoms with Crippen molar-refractivity contribution < 1.29 is 9.47 Å². The highest BCUT2D eigenvalue weighted by Crippen LogP contribution is 2.50. The lowest BCUT2D eigenvalue weighted by Gasteiger charge is -2.29. The van der Waals surface area contributed by atoms with Crippen LogP contribution in [0.1, 0.15) is 28.2 Å². The van der Waals surface area contributed by atoms with Gasteiger partial charge in [0.25, 0.3) is 0 Å². The molecule has 0 radical (unpaired) electrons. The maximum absolute atomic E-state index is 6.41. The Balaban J connectivity index is 1.52. The summed E-state index contributed by atoms with van der Waals surface area (Å²) in [5.74, 6) is 2.67. The average Bonchev–Trinajstić information content (AvgIpc) is 3.37. The predicted octanol–water partition coefficient (Wildman–Crippen LogP) is 6.55. The van der Waals surface area contributed by atoms with E-state index in [-0.39, 0.29) is 5.92 Å². The molecule has 1 atom stereocenters. The second-order valence-electron chi connectivity index (χ2n) is 9.04. The van der Waals surface area contributed by atoms with Gasteiger partial charge in [-0.1, -0.05) is 66.2 Å². The molecule has 3 heterocycles. The van der Waals surface area contributed by atoms with Crippen molar-refractivity contribution in [2.75, 3.05) is 7.11 Å². The zero-order valence-corrected chi connectivity index (χ0v) is 19.8. The fourth-order valence-corrected chi connectivity index (χ4v) is 5.14. The first-order valence-electron chi connectivity index (χ1n) is 11.9. The van der Waals surface area contributed by atoms with E-state index in [1.807, 2.05) is 30.3 Å². The van der Waals surface area contributed by atoms with Crippen LogP contribution in [0.5, 0.6) is 17.4 Å². The molecule has 0 fully saturated rings. The third kappa shape index (κ3) is 3.15. The van der Waals surface area contributed by atoms with Crippen LogP contribution in [-0.4, -0.2) is 26.7 Å². The second kappa shape index (κ2) is 7.92. The lowest BCUT2D eigenvalue weighted by molar-refractivity contribution is 0.414. The molecule has 1 aliphatic rings. The van der Waals surface area contributed by atoms with Gasteiger partial charge in [-0.2, -0.15) is 0 Å². The Morgan fingerprint density at radius 2 is 1.75 bits per heavy atom. The molecule has 0 aliphatic carbocycles. The Bertz CT molecular complexity index is 1770. The van der Waals surface area contributed by atoms with Gasteiger partial charge in [0, 0.05) is 17.0 Å². The molecule has 0 saturated heterocycles. The first-order valence-corrected chi connectivity index (χ1v) is 11.9. The van der Waals surface area contributed by atoms with Crippen LogP contribution >= 0.6 is 0 Å². The van der Waals surface area contributed by atoms with Gasteiger partial charge in [-0.3, -0.25) is 0 Å². The van der Waals surface area contributed by atoms with Crippen molar-refractivity contribution in [1.82, 2.24) is 19.6 Å². The number of aromatic nitrogens is 4. The molecule has 0 saturated carbocycles. The van der Waals surface area contributed by atoms with Gasteiger partial charge in [-0.05, 0) is 47.5 Å². The van der Waals surface area contributed by atoms with Crippen molar-refractivity contribution >= 4 is 16.4 Å². The number of hydrogen-bond acceptors (Lipinski definition) is 5. The standard InChI is InChI=1S/C30H22N4O2/c1-18-6-5-8-21(16-18)28-32-29-27-25(20-10-13-22(35-2)14-11-20)26-23-9-4-3-7-19(23)12-15-24(26)36-30(27)31-17-34(29)33-28/h3-17,25H,1-2H3. The summed E-state index contributed by atoms with van der Waals surface area (Å²) in [4.78, 5) is 9.68. The third-order valence-electron chi connectivity index (χ3n) is 6.83. The van der Waals surface area contributed by atoms with E-state index in [1.165, 1.54) is 0 Å². The van der Waals surface area contributed by atoms with Gasteiger partial charge < -0.3 is 9.47 Å². The Hall–Kier alpha value is -4.71. The molecule has 0 amide bonds. The van der Waals surface area contributed by atoms with Crippen LogP contribution in [-0.2, 0) is 0 Å². The lowest BCUT2D eigenvalue weighted by Crippen LogP contribution is -2.15. The minimum atomic E-state index is -0.147. The highest BCUT2D eigenvalue weighted by Gasteiger charge is 2.34. The van der Waals surface area contributed by atoms with Crippen LogP contribution in [0.15, 0.2) is 91.3 Å². The molecule has 6 aromatic rings. The molecule has 6 nitrogen and oxygen atoms in total. The summed E-state index contributed by atoms with van der Waals surface area (Å²) < 4.78 is 13.6. The monoisotopic (exact) mass is 470 g/mol. The number of rotatable bonds is 3. The molecule has 0 spiro atoms. The van der Waals surface area contributed by atoms with Gasteiger partial charge >= 0.3 is 0 Å². The second-order valence-corrected chi connectivity index (χ2v) is 9.04. The fourth-order valence-electron chi connectivity index (χ4n) is 5.14. The van der Waals surface area contributed by atoms with Crippen molar-refractivity contribution in [2.45, 2.75) is 12.8 Å². The molecule has 6 heteroatoms. The van der Waals surface area contributed by atoms with Crippen molar-refractivity contribution in [1.29, 1.82) is 0 Å². The van der Waals surface area contributed by atoms with E-state index < -0.39 is 0 Å². The molecule has 36 heavy (non-hydrogen) atoms. The number of nitrogens with zero attached hydrogens (tertiary/aromatic N) is 4. The van der Waals surface area contributed by atoms with Gasteiger partial charge in [0.1, 0.15) is 17.8 Å². The molecule has 4 aromatic carbocycles. The zero-order chi connectivity index (χ0) is 24.2. The summed E-state index contributed by atoms with van der Waals surface area (Å²) >= 11 is 0. The zero-order valence-electron chi connectivity index (χ0n) is 19.8. The first kappa shape index (κ1) is 20.6. The molecular weight excluding hydrogens is 448 g/mol. The van der Waals surface area contributed by atoms with E-state index in [2.05, 4.69) is 66.5 Å². The van der Waals surface area contributed by atoms with Crippen LogP contribution in [0.2, 0.25) is 0 Å².